The maximum atomic E-state index is 4.50. The zero-order valence-electron chi connectivity index (χ0n) is 8.84. The fourth-order valence-corrected chi connectivity index (χ4v) is 3.60. The van der Waals surface area contributed by atoms with Gasteiger partial charge in [-0.1, -0.05) is 39.5 Å². The molecular weight excluding hydrogens is 178 g/mol. The van der Waals surface area contributed by atoms with Crippen LogP contribution in [0.5, 0.6) is 0 Å². The maximum absolute atomic E-state index is 4.50. The Hall–Kier alpha value is 0.310. The molecule has 1 aliphatic carbocycles. The van der Waals surface area contributed by atoms with E-state index in [2.05, 4.69) is 31.0 Å². The van der Waals surface area contributed by atoms with Gasteiger partial charge in [0.2, 0.25) is 0 Å². The van der Waals surface area contributed by atoms with Crippen molar-refractivity contribution in [3.05, 3.63) is 0 Å². The van der Waals surface area contributed by atoms with Gasteiger partial charge in [0.15, 0.2) is 0 Å². The van der Waals surface area contributed by atoms with Crippen molar-refractivity contribution in [1.29, 1.82) is 0 Å². The molecule has 76 valence electrons. The van der Waals surface area contributed by atoms with E-state index in [0.717, 1.165) is 0 Å². The fraction of sp³-hybridized carbons (Fsp3) is 1.00. The SMILES string of the molecule is C[C@@]12CCCC[C@]1(C)CN(S)CC2. The van der Waals surface area contributed by atoms with Crippen LogP contribution in [-0.2, 0) is 0 Å². The highest BCUT2D eigenvalue weighted by molar-refractivity contribution is 7.77. The van der Waals surface area contributed by atoms with Crippen LogP contribution in [0.4, 0.5) is 0 Å². The molecule has 2 aliphatic rings. The summed E-state index contributed by atoms with van der Waals surface area (Å²) in [5, 5.41) is 0. The van der Waals surface area contributed by atoms with E-state index in [9.17, 15) is 0 Å². The Kier molecular flexibility index (Phi) is 2.40. The summed E-state index contributed by atoms with van der Waals surface area (Å²) in [6.07, 6.45) is 7.05. The molecule has 2 atom stereocenters. The number of fused-ring (bicyclic) bond motifs is 1. The molecule has 0 bridgehead atoms. The number of thiol groups is 1. The van der Waals surface area contributed by atoms with E-state index in [4.69, 9.17) is 0 Å². The molecule has 1 nitrogen and oxygen atoms in total. The molecule has 1 aliphatic heterocycles. The van der Waals surface area contributed by atoms with Crippen LogP contribution in [-0.4, -0.2) is 17.4 Å². The van der Waals surface area contributed by atoms with Gasteiger partial charge in [-0.15, -0.1) is 0 Å². The summed E-state index contributed by atoms with van der Waals surface area (Å²) in [6, 6.07) is 0. The molecule has 1 saturated heterocycles. The fourth-order valence-electron chi connectivity index (χ4n) is 3.19. The molecular formula is C11H21NS. The first-order valence-electron chi connectivity index (χ1n) is 5.50. The molecule has 1 heterocycles. The lowest BCUT2D eigenvalue weighted by molar-refractivity contribution is -0.0365. The molecule has 0 aromatic rings. The van der Waals surface area contributed by atoms with E-state index in [-0.39, 0.29) is 0 Å². The van der Waals surface area contributed by atoms with Crippen LogP contribution < -0.4 is 0 Å². The highest BCUT2D eigenvalue weighted by Gasteiger charge is 2.48. The van der Waals surface area contributed by atoms with Crippen LogP contribution in [0.2, 0.25) is 0 Å². The Bertz CT molecular complexity index is 206. The lowest BCUT2D eigenvalue weighted by Gasteiger charge is -2.55. The summed E-state index contributed by atoms with van der Waals surface area (Å²) >= 11 is 4.50. The van der Waals surface area contributed by atoms with Crippen molar-refractivity contribution in [3.8, 4) is 0 Å². The molecule has 0 aromatic heterocycles. The molecule has 0 unspecified atom stereocenters. The Labute approximate surface area is 87.4 Å². The molecule has 0 radical (unpaired) electrons. The average molecular weight is 199 g/mol. The number of nitrogens with zero attached hydrogens (tertiary/aromatic N) is 1. The predicted molar refractivity (Wildman–Crippen MR) is 59.9 cm³/mol. The van der Waals surface area contributed by atoms with E-state index in [0.29, 0.717) is 10.8 Å². The zero-order chi connectivity index (χ0) is 9.53. The van der Waals surface area contributed by atoms with Crippen molar-refractivity contribution in [1.82, 2.24) is 4.31 Å². The van der Waals surface area contributed by atoms with Gasteiger partial charge in [-0.3, -0.25) is 4.31 Å². The second kappa shape index (κ2) is 3.16. The van der Waals surface area contributed by atoms with Crippen molar-refractivity contribution in [3.63, 3.8) is 0 Å². The predicted octanol–water partition coefficient (Wildman–Crippen LogP) is 3.12. The molecule has 2 fully saturated rings. The molecule has 0 aromatic carbocycles. The second-order valence-electron chi connectivity index (χ2n) is 5.47. The lowest BCUT2D eigenvalue weighted by Crippen LogP contribution is -2.51. The van der Waals surface area contributed by atoms with Gasteiger partial charge in [0, 0.05) is 13.1 Å². The van der Waals surface area contributed by atoms with Gasteiger partial charge < -0.3 is 0 Å². The minimum Gasteiger partial charge on any atom is -0.253 e. The van der Waals surface area contributed by atoms with Gasteiger partial charge in [-0.25, -0.2) is 0 Å². The van der Waals surface area contributed by atoms with Crippen LogP contribution in [0, 0.1) is 10.8 Å². The molecule has 1 saturated carbocycles. The van der Waals surface area contributed by atoms with Crippen molar-refractivity contribution < 1.29 is 0 Å². The monoisotopic (exact) mass is 199 g/mol. The summed E-state index contributed by atoms with van der Waals surface area (Å²) < 4.78 is 2.22. The standard InChI is InChI=1S/C11H21NS/c1-10-5-3-4-6-11(10,2)9-12(13)8-7-10/h13H,3-9H2,1-2H3/t10-,11+/m0/s1. The molecule has 13 heavy (non-hydrogen) atoms. The van der Waals surface area contributed by atoms with Gasteiger partial charge in [0.25, 0.3) is 0 Å². The Morgan fingerprint density at radius 1 is 1.00 bits per heavy atom. The third-order valence-corrected chi connectivity index (χ3v) is 4.96. The molecule has 0 N–H and O–H groups in total. The first-order chi connectivity index (χ1) is 6.06. The van der Waals surface area contributed by atoms with Gasteiger partial charge in [0.1, 0.15) is 0 Å². The Morgan fingerprint density at radius 3 is 2.31 bits per heavy atom. The molecule has 2 rings (SSSR count). The van der Waals surface area contributed by atoms with Crippen molar-refractivity contribution in [2.45, 2.75) is 46.0 Å². The van der Waals surface area contributed by atoms with Crippen LogP contribution in [0.15, 0.2) is 0 Å². The summed E-state index contributed by atoms with van der Waals surface area (Å²) in [6.45, 7) is 7.32. The minimum atomic E-state index is 0.533. The molecule has 0 spiro atoms. The van der Waals surface area contributed by atoms with Crippen molar-refractivity contribution in [2.75, 3.05) is 13.1 Å². The van der Waals surface area contributed by atoms with Crippen LogP contribution in [0.1, 0.15) is 46.0 Å². The van der Waals surface area contributed by atoms with Crippen LogP contribution >= 0.6 is 12.8 Å². The van der Waals surface area contributed by atoms with E-state index < -0.39 is 0 Å². The largest absolute Gasteiger partial charge is 0.253 e. The summed E-state index contributed by atoms with van der Waals surface area (Å²) in [5.41, 5.74) is 1.13. The van der Waals surface area contributed by atoms with Gasteiger partial charge in [0.05, 0.1) is 0 Å². The molecule has 2 heteroatoms. The smallest absolute Gasteiger partial charge is 0.0146 e. The van der Waals surface area contributed by atoms with E-state index in [1.807, 2.05) is 0 Å². The Morgan fingerprint density at radius 2 is 1.62 bits per heavy atom. The quantitative estimate of drug-likeness (QED) is 0.587. The third kappa shape index (κ3) is 1.52. The molecule has 0 amide bonds. The topological polar surface area (TPSA) is 3.24 Å². The summed E-state index contributed by atoms with van der Waals surface area (Å²) in [4.78, 5) is 0. The number of piperidine rings is 1. The van der Waals surface area contributed by atoms with Gasteiger partial charge in [-0.2, -0.15) is 0 Å². The second-order valence-corrected chi connectivity index (χ2v) is 6.03. The van der Waals surface area contributed by atoms with Crippen LogP contribution in [0.3, 0.4) is 0 Å². The normalized spacial score (nSPS) is 47.3. The average Bonchev–Trinajstić information content (AvgIpc) is 2.07. The van der Waals surface area contributed by atoms with Crippen molar-refractivity contribution >= 4 is 12.8 Å². The van der Waals surface area contributed by atoms with Gasteiger partial charge >= 0.3 is 0 Å². The zero-order valence-corrected chi connectivity index (χ0v) is 9.74. The highest BCUT2D eigenvalue weighted by atomic mass is 32.1. The van der Waals surface area contributed by atoms with Crippen LogP contribution in [0.25, 0.3) is 0 Å². The van der Waals surface area contributed by atoms with E-state index in [1.54, 1.807) is 0 Å². The van der Waals surface area contributed by atoms with Gasteiger partial charge in [-0.05, 0) is 30.1 Å². The Balaban J connectivity index is 2.20. The van der Waals surface area contributed by atoms with Crippen molar-refractivity contribution in [2.24, 2.45) is 10.8 Å². The first-order valence-corrected chi connectivity index (χ1v) is 5.90. The minimum absolute atomic E-state index is 0.533. The summed E-state index contributed by atoms with van der Waals surface area (Å²) in [7, 11) is 0. The van der Waals surface area contributed by atoms with E-state index >= 15 is 0 Å². The highest BCUT2D eigenvalue weighted by Crippen LogP contribution is 2.55. The van der Waals surface area contributed by atoms with E-state index in [1.165, 1.54) is 45.2 Å². The number of rotatable bonds is 0. The first kappa shape index (κ1) is 9.85. The lowest BCUT2D eigenvalue weighted by atomic mass is 9.55. The third-order valence-electron chi connectivity index (χ3n) is 4.62. The summed E-state index contributed by atoms with van der Waals surface area (Å²) in [5.74, 6) is 0. The number of hydrogen-bond acceptors (Lipinski definition) is 2. The number of hydrogen-bond donors (Lipinski definition) is 1. The maximum Gasteiger partial charge on any atom is 0.0146 e.